The number of amides is 1. The fourth-order valence-electron chi connectivity index (χ4n) is 3.81. The number of nitrogens with one attached hydrogen (secondary N) is 1. The van der Waals surface area contributed by atoms with Crippen molar-refractivity contribution >= 4 is 11.7 Å². The SMILES string of the molecule is CNc1cc(C(=O)N2CCOC(c3cc(Cc4cccc(F)c4)cc(C)n3)C2)ccn1. The zero-order chi connectivity index (χ0) is 21.8. The number of anilines is 1. The van der Waals surface area contributed by atoms with Gasteiger partial charge in [-0.3, -0.25) is 9.78 Å². The van der Waals surface area contributed by atoms with Crippen LogP contribution in [0.1, 0.15) is 39.0 Å². The molecule has 1 unspecified atom stereocenters. The molecule has 0 spiro atoms. The summed E-state index contributed by atoms with van der Waals surface area (Å²) in [6.07, 6.45) is 1.92. The van der Waals surface area contributed by atoms with Gasteiger partial charge in [0, 0.05) is 31.0 Å². The van der Waals surface area contributed by atoms with E-state index in [1.165, 1.54) is 6.07 Å². The highest BCUT2D eigenvalue weighted by atomic mass is 19.1. The largest absolute Gasteiger partial charge is 0.373 e. The van der Waals surface area contributed by atoms with Crippen molar-refractivity contribution in [1.29, 1.82) is 0 Å². The van der Waals surface area contributed by atoms with Crippen molar-refractivity contribution < 1.29 is 13.9 Å². The lowest BCUT2D eigenvalue weighted by atomic mass is 10.0. The molecule has 1 aromatic carbocycles. The van der Waals surface area contributed by atoms with E-state index in [9.17, 15) is 9.18 Å². The van der Waals surface area contributed by atoms with Gasteiger partial charge in [0.2, 0.25) is 0 Å². The molecule has 1 amide bonds. The summed E-state index contributed by atoms with van der Waals surface area (Å²) in [6.45, 7) is 3.32. The van der Waals surface area contributed by atoms with Crippen molar-refractivity contribution in [2.45, 2.75) is 19.4 Å². The van der Waals surface area contributed by atoms with Crippen molar-refractivity contribution in [1.82, 2.24) is 14.9 Å². The van der Waals surface area contributed by atoms with Gasteiger partial charge in [0.1, 0.15) is 17.7 Å². The van der Waals surface area contributed by atoms with Gasteiger partial charge in [-0.15, -0.1) is 0 Å². The molecule has 1 aliphatic rings. The standard InChI is InChI=1S/C24H25FN4O2/c1-16-10-18(11-17-4-3-5-20(25)12-17)13-21(28-16)22-15-29(8-9-31-22)24(30)19-6-7-27-23(14-19)26-2/h3-7,10,12-14,22H,8-9,11,15H2,1-2H3,(H,26,27). The van der Waals surface area contributed by atoms with E-state index < -0.39 is 0 Å². The summed E-state index contributed by atoms with van der Waals surface area (Å²) >= 11 is 0. The topological polar surface area (TPSA) is 67.4 Å². The summed E-state index contributed by atoms with van der Waals surface area (Å²) in [5.74, 6) is 0.351. The number of carbonyl (C=O) groups is 1. The van der Waals surface area contributed by atoms with Gasteiger partial charge in [0.25, 0.3) is 5.91 Å². The summed E-state index contributed by atoms with van der Waals surface area (Å²) in [5.41, 5.74) is 4.17. The summed E-state index contributed by atoms with van der Waals surface area (Å²) in [7, 11) is 1.77. The summed E-state index contributed by atoms with van der Waals surface area (Å²) in [6, 6.07) is 14.1. The fraction of sp³-hybridized carbons (Fsp3) is 0.292. The van der Waals surface area contributed by atoms with Gasteiger partial charge in [0.15, 0.2) is 0 Å². The molecule has 31 heavy (non-hydrogen) atoms. The minimum atomic E-state index is -0.311. The van der Waals surface area contributed by atoms with Crippen LogP contribution in [-0.4, -0.2) is 47.5 Å². The Morgan fingerprint density at radius 2 is 2.10 bits per heavy atom. The van der Waals surface area contributed by atoms with Crippen LogP contribution in [0.25, 0.3) is 0 Å². The lowest BCUT2D eigenvalue weighted by Crippen LogP contribution is -2.42. The minimum Gasteiger partial charge on any atom is -0.373 e. The second kappa shape index (κ2) is 9.22. The Labute approximate surface area is 181 Å². The zero-order valence-electron chi connectivity index (χ0n) is 17.6. The van der Waals surface area contributed by atoms with E-state index in [4.69, 9.17) is 4.74 Å². The molecule has 0 aliphatic carbocycles. The number of rotatable bonds is 5. The highest BCUT2D eigenvalue weighted by molar-refractivity contribution is 5.94. The highest BCUT2D eigenvalue weighted by Crippen LogP contribution is 2.24. The first-order chi connectivity index (χ1) is 15.0. The number of nitrogens with zero attached hydrogens (tertiary/aromatic N) is 3. The molecule has 2 aromatic heterocycles. The molecule has 0 bridgehead atoms. The van der Waals surface area contributed by atoms with Crippen molar-refractivity contribution in [3.05, 3.63) is 88.6 Å². The molecular formula is C24H25FN4O2. The van der Waals surface area contributed by atoms with Gasteiger partial charge in [0.05, 0.1) is 18.8 Å². The second-order valence-electron chi connectivity index (χ2n) is 7.64. The van der Waals surface area contributed by atoms with E-state index in [0.29, 0.717) is 37.5 Å². The van der Waals surface area contributed by atoms with Crippen LogP contribution in [0, 0.1) is 12.7 Å². The number of hydrogen-bond acceptors (Lipinski definition) is 5. The molecule has 4 rings (SSSR count). The molecule has 3 heterocycles. The van der Waals surface area contributed by atoms with Crippen molar-refractivity contribution in [2.24, 2.45) is 0 Å². The number of aryl methyl sites for hydroxylation is 1. The number of pyridine rings is 2. The Morgan fingerprint density at radius 3 is 2.90 bits per heavy atom. The van der Waals surface area contributed by atoms with Crippen molar-refractivity contribution in [2.75, 3.05) is 32.1 Å². The van der Waals surface area contributed by atoms with Crippen LogP contribution in [0.3, 0.4) is 0 Å². The van der Waals surface area contributed by atoms with E-state index in [-0.39, 0.29) is 17.8 Å². The van der Waals surface area contributed by atoms with Crippen LogP contribution < -0.4 is 5.32 Å². The van der Waals surface area contributed by atoms with Gasteiger partial charge in [-0.05, 0) is 60.9 Å². The number of hydrogen-bond donors (Lipinski definition) is 1. The molecular weight excluding hydrogens is 395 g/mol. The molecule has 160 valence electrons. The maximum Gasteiger partial charge on any atom is 0.254 e. The van der Waals surface area contributed by atoms with Crippen LogP contribution >= 0.6 is 0 Å². The Balaban J connectivity index is 1.52. The zero-order valence-corrected chi connectivity index (χ0v) is 17.6. The van der Waals surface area contributed by atoms with Gasteiger partial charge in [-0.25, -0.2) is 9.37 Å². The monoisotopic (exact) mass is 420 g/mol. The van der Waals surface area contributed by atoms with E-state index in [1.54, 1.807) is 42.4 Å². The molecule has 3 aromatic rings. The minimum absolute atomic E-state index is 0.0557. The number of morpholine rings is 1. The molecule has 1 N–H and O–H groups in total. The van der Waals surface area contributed by atoms with Crippen LogP contribution in [0.4, 0.5) is 10.2 Å². The quantitative estimate of drug-likeness (QED) is 0.681. The highest BCUT2D eigenvalue weighted by Gasteiger charge is 2.27. The van der Waals surface area contributed by atoms with Gasteiger partial charge >= 0.3 is 0 Å². The molecule has 6 nitrogen and oxygen atoms in total. The van der Waals surface area contributed by atoms with Gasteiger partial charge < -0.3 is 15.0 Å². The maximum atomic E-state index is 13.5. The lowest BCUT2D eigenvalue weighted by Gasteiger charge is -2.33. The van der Waals surface area contributed by atoms with Crippen LogP contribution in [0.2, 0.25) is 0 Å². The molecule has 1 atom stereocenters. The molecule has 1 aliphatic heterocycles. The van der Waals surface area contributed by atoms with E-state index in [0.717, 1.165) is 22.5 Å². The van der Waals surface area contributed by atoms with E-state index in [2.05, 4.69) is 15.3 Å². The third-order valence-electron chi connectivity index (χ3n) is 5.28. The smallest absolute Gasteiger partial charge is 0.254 e. The van der Waals surface area contributed by atoms with Gasteiger partial charge in [-0.1, -0.05) is 12.1 Å². The summed E-state index contributed by atoms with van der Waals surface area (Å²) < 4.78 is 19.5. The Kier molecular flexibility index (Phi) is 6.23. The van der Waals surface area contributed by atoms with E-state index in [1.807, 2.05) is 25.1 Å². The number of ether oxygens (including phenoxy) is 1. The van der Waals surface area contributed by atoms with Crippen molar-refractivity contribution in [3.8, 4) is 0 Å². The third-order valence-corrected chi connectivity index (χ3v) is 5.28. The third kappa shape index (κ3) is 5.06. The summed E-state index contributed by atoms with van der Waals surface area (Å²) in [5, 5.41) is 2.96. The van der Waals surface area contributed by atoms with Crippen LogP contribution in [0.15, 0.2) is 54.7 Å². The molecule has 1 fully saturated rings. The first-order valence-corrected chi connectivity index (χ1v) is 10.3. The Bertz CT molecular complexity index is 1090. The lowest BCUT2D eigenvalue weighted by molar-refractivity contribution is -0.0248. The molecule has 0 saturated carbocycles. The van der Waals surface area contributed by atoms with Crippen LogP contribution in [-0.2, 0) is 11.2 Å². The molecule has 0 radical (unpaired) electrons. The predicted molar refractivity (Wildman–Crippen MR) is 117 cm³/mol. The normalized spacial score (nSPS) is 16.2. The van der Waals surface area contributed by atoms with Crippen molar-refractivity contribution in [3.63, 3.8) is 0 Å². The number of benzene rings is 1. The van der Waals surface area contributed by atoms with E-state index >= 15 is 0 Å². The fourth-order valence-corrected chi connectivity index (χ4v) is 3.81. The number of halogens is 1. The number of aromatic nitrogens is 2. The first-order valence-electron chi connectivity index (χ1n) is 10.3. The predicted octanol–water partition coefficient (Wildman–Crippen LogP) is 3.77. The Hall–Kier alpha value is -3.32. The average Bonchev–Trinajstić information content (AvgIpc) is 2.78. The summed E-state index contributed by atoms with van der Waals surface area (Å²) in [4.78, 5) is 23.6. The number of carbonyl (C=O) groups excluding carboxylic acids is 1. The first kappa shape index (κ1) is 20.9. The molecule has 1 saturated heterocycles. The second-order valence-corrected chi connectivity index (χ2v) is 7.64. The Morgan fingerprint density at radius 1 is 1.23 bits per heavy atom. The average molecular weight is 420 g/mol. The van der Waals surface area contributed by atoms with Crippen LogP contribution in [0.5, 0.6) is 0 Å². The van der Waals surface area contributed by atoms with Gasteiger partial charge in [-0.2, -0.15) is 0 Å². The molecule has 7 heteroatoms. The maximum absolute atomic E-state index is 13.5.